The largest absolute Gasteiger partial charge is 0.493 e. The molecule has 5 aromatic carbocycles. The van der Waals surface area contributed by atoms with Crippen LogP contribution in [0.3, 0.4) is 0 Å². The zero-order valence-corrected chi connectivity index (χ0v) is 32.5. The maximum atomic E-state index is 10.8. The molecule has 0 unspecified atom stereocenters. The van der Waals surface area contributed by atoms with E-state index in [9.17, 15) is 5.11 Å². The molecule has 5 aromatic rings. The van der Waals surface area contributed by atoms with Gasteiger partial charge in [-0.05, 0) is 116 Å². The maximum absolute atomic E-state index is 10.8. The summed E-state index contributed by atoms with van der Waals surface area (Å²) < 4.78 is 32.1. The fourth-order valence-electron chi connectivity index (χ4n) is 8.38. The van der Waals surface area contributed by atoms with Crippen molar-refractivity contribution in [3.63, 3.8) is 0 Å². The van der Waals surface area contributed by atoms with E-state index in [1.54, 1.807) is 33.1 Å². The van der Waals surface area contributed by atoms with Gasteiger partial charge in [-0.3, -0.25) is 9.80 Å². The van der Waals surface area contributed by atoms with Crippen molar-refractivity contribution in [2.45, 2.75) is 55.0 Å². The molecule has 8 nitrogen and oxygen atoms in total. The molecule has 0 aliphatic carbocycles. The number of ether oxygens (including phenoxy) is 5. The van der Waals surface area contributed by atoms with Crippen LogP contribution in [0.4, 0.5) is 0 Å². The Morgan fingerprint density at radius 3 is 2.20 bits per heavy atom. The van der Waals surface area contributed by atoms with Crippen molar-refractivity contribution in [2.24, 2.45) is 0 Å². The van der Waals surface area contributed by atoms with E-state index < -0.39 is 0 Å². The molecular formula is C45H48N2O6S. The lowest BCUT2D eigenvalue weighted by molar-refractivity contribution is 0.219. The first-order valence-electron chi connectivity index (χ1n) is 18.6. The predicted molar refractivity (Wildman–Crippen MR) is 213 cm³/mol. The van der Waals surface area contributed by atoms with Gasteiger partial charge in [0.05, 0.1) is 27.9 Å². The highest BCUT2D eigenvalue weighted by Crippen LogP contribution is 2.54. The first-order chi connectivity index (χ1) is 26.4. The van der Waals surface area contributed by atoms with Gasteiger partial charge in [-0.25, -0.2) is 0 Å². The summed E-state index contributed by atoms with van der Waals surface area (Å²) in [5, 5.41) is 10.8. The molecule has 0 saturated carbocycles. The average Bonchev–Trinajstić information content (AvgIpc) is 3.19. The van der Waals surface area contributed by atoms with Crippen LogP contribution in [-0.4, -0.2) is 63.4 Å². The predicted octanol–water partition coefficient (Wildman–Crippen LogP) is 8.94. The normalized spacial score (nSPS) is 18.1. The topological polar surface area (TPSA) is 72.9 Å². The molecule has 4 heterocycles. The highest BCUT2D eigenvalue weighted by Gasteiger charge is 2.37. The second-order valence-electron chi connectivity index (χ2n) is 14.4. The third-order valence-electron chi connectivity index (χ3n) is 11.3. The first-order valence-corrected chi connectivity index (χ1v) is 19.6. The number of hydrogen-bond donors (Lipinski definition) is 1. The van der Waals surface area contributed by atoms with Gasteiger partial charge in [0.15, 0.2) is 23.0 Å². The summed E-state index contributed by atoms with van der Waals surface area (Å²) in [7, 11) is 9.45. The van der Waals surface area contributed by atoms with Gasteiger partial charge in [0.1, 0.15) is 11.5 Å². The number of methoxy groups -OCH3 is 3. The van der Waals surface area contributed by atoms with Gasteiger partial charge in [0.2, 0.25) is 5.75 Å². The van der Waals surface area contributed by atoms with Crippen LogP contribution in [0.2, 0.25) is 0 Å². The van der Waals surface area contributed by atoms with E-state index in [-0.39, 0.29) is 18.7 Å². The Kier molecular flexibility index (Phi) is 10.5. The molecule has 54 heavy (non-hydrogen) atoms. The third-order valence-corrected chi connectivity index (χ3v) is 12.3. The first kappa shape index (κ1) is 36.3. The zero-order chi connectivity index (χ0) is 37.3. The van der Waals surface area contributed by atoms with E-state index in [0.717, 1.165) is 60.4 Å². The third kappa shape index (κ3) is 6.90. The molecule has 9 heteroatoms. The number of thioether (sulfide) groups is 1. The van der Waals surface area contributed by atoms with Crippen molar-refractivity contribution in [3.8, 4) is 40.2 Å². The number of aliphatic hydroxyl groups is 1. The van der Waals surface area contributed by atoms with E-state index in [0.29, 0.717) is 46.7 Å². The number of nitrogens with zero attached hydrogens (tertiary/aromatic N) is 2. The Bertz CT molecular complexity index is 2140. The quantitative estimate of drug-likeness (QED) is 0.165. The van der Waals surface area contributed by atoms with E-state index >= 15 is 0 Å². The summed E-state index contributed by atoms with van der Waals surface area (Å²) in [6.07, 6.45) is 3.22. The molecule has 0 spiro atoms. The molecule has 2 atom stereocenters. The van der Waals surface area contributed by atoms with Gasteiger partial charge in [-0.15, -0.1) is 11.8 Å². The molecular weight excluding hydrogens is 697 g/mol. The van der Waals surface area contributed by atoms with Crippen LogP contribution in [0.25, 0.3) is 0 Å². The Morgan fingerprint density at radius 1 is 0.741 bits per heavy atom. The van der Waals surface area contributed by atoms with E-state index in [1.165, 1.54) is 27.1 Å². The molecule has 0 fully saturated rings. The van der Waals surface area contributed by atoms with Crippen molar-refractivity contribution in [3.05, 3.63) is 129 Å². The van der Waals surface area contributed by atoms with Crippen LogP contribution >= 0.6 is 11.8 Å². The van der Waals surface area contributed by atoms with Crippen molar-refractivity contribution < 1.29 is 28.8 Å². The summed E-state index contributed by atoms with van der Waals surface area (Å²) >= 11 is 1.79. The smallest absolute Gasteiger partial charge is 0.204 e. The molecule has 280 valence electrons. The lowest BCUT2D eigenvalue weighted by Crippen LogP contribution is -2.35. The van der Waals surface area contributed by atoms with Crippen LogP contribution < -0.4 is 23.7 Å². The highest BCUT2D eigenvalue weighted by atomic mass is 32.2. The number of benzene rings is 5. The summed E-state index contributed by atoms with van der Waals surface area (Å²) in [4.78, 5) is 6.01. The van der Waals surface area contributed by atoms with E-state index in [1.807, 2.05) is 24.3 Å². The lowest BCUT2D eigenvalue weighted by atomic mass is 9.84. The molecule has 4 aliphatic rings. The van der Waals surface area contributed by atoms with Crippen molar-refractivity contribution in [1.29, 1.82) is 0 Å². The molecule has 4 aliphatic heterocycles. The highest BCUT2D eigenvalue weighted by molar-refractivity contribution is 7.98. The SMILES string of the molecule is COc1ccc2cc1Oc1ccc(cc1)C[C@H]1c3cc(c(CO)cc3CCN1C)Oc1c(OC)c(OC)c(CSc3ccccc3)c3c1[C@H](C2)N(C)CC3. The minimum Gasteiger partial charge on any atom is -0.493 e. The minimum absolute atomic E-state index is 0.0717. The summed E-state index contributed by atoms with van der Waals surface area (Å²) in [5.41, 5.74) is 8.93. The number of rotatable bonds is 7. The fraction of sp³-hybridized carbons (Fsp3) is 0.333. The Morgan fingerprint density at radius 2 is 1.46 bits per heavy atom. The van der Waals surface area contributed by atoms with Crippen molar-refractivity contribution >= 4 is 11.8 Å². The maximum Gasteiger partial charge on any atom is 0.204 e. The van der Waals surface area contributed by atoms with Gasteiger partial charge in [-0.2, -0.15) is 0 Å². The van der Waals surface area contributed by atoms with Gasteiger partial charge in [0.25, 0.3) is 0 Å². The number of aliphatic hydroxyl groups excluding tert-OH is 1. The average molecular weight is 745 g/mol. The van der Waals surface area contributed by atoms with Crippen LogP contribution in [0.5, 0.6) is 40.2 Å². The Hall–Kier alpha value is -4.67. The fourth-order valence-corrected chi connectivity index (χ4v) is 9.35. The standard InChI is InChI=1S/C45H48N2O6S/c1-46-19-17-30-24-31(26-48)40-25-35(30)37(46)21-28-11-14-32(15-12-28)52-41-23-29(13-16-39(41)49-3)22-38-42-34(18-20-47(38)2)36(27-54-33-9-7-6-8-10-33)43(50-4)45(51-5)44(42)53-40/h6-16,23-25,37-38,48H,17-22,26-27H2,1-5H3/t37-,38-/m0/s1. The van der Waals surface area contributed by atoms with Gasteiger partial charge in [0, 0.05) is 52.5 Å². The van der Waals surface area contributed by atoms with Crippen molar-refractivity contribution in [2.75, 3.05) is 48.5 Å². The van der Waals surface area contributed by atoms with Gasteiger partial charge >= 0.3 is 0 Å². The van der Waals surface area contributed by atoms with Gasteiger partial charge < -0.3 is 28.8 Å². The Labute approximate surface area is 322 Å². The summed E-state index contributed by atoms with van der Waals surface area (Å²) in [6.45, 7) is 1.64. The molecule has 1 N–H and O–H groups in total. The van der Waals surface area contributed by atoms with Crippen LogP contribution in [-0.2, 0) is 38.0 Å². The van der Waals surface area contributed by atoms with E-state index in [2.05, 4.69) is 84.6 Å². The number of fused-ring (bicyclic) bond motifs is 2. The molecule has 0 amide bonds. The minimum atomic E-state index is -0.143. The summed E-state index contributed by atoms with van der Waals surface area (Å²) in [5.74, 6) is 5.32. The second-order valence-corrected chi connectivity index (χ2v) is 15.5. The zero-order valence-electron chi connectivity index (χ0n) is 31.7. The second kappa shape index (κ2) is 15.6. The summed E-state index contributed by atoms with van der Waals surface area (Å²) in [6, 6.07) is 29.4. The molecule has 0 saturated heterocycles. The van der Waals surface area contributed by atoms with Crippen LogP contribution in [0, 0.1) is 0 Å². The van der Waals surface area contributed by atoms with Gasteiger partial charge in [-0.1, -0.05) is 36.4 Å². The van der Waals surface area contributed by atoms with E-state index in [4.69, 9.17) is 23.7 Å². The van der Waals surface area contributed by atoms with Crippen molar-refractivity contribution in [1.82, 2.24) is 9.80 Å². The molecule has 6 bridgehead atoms. The molecule has 0 aromatic heterocycles. The number of hydrogen-bond acceptors (Lipinski definition) is 9. The Balaban J connectivity index is 1.36. The monoisotopic (exact) mass is 744 g/mol. The van der Waals surface area contributed by atoms with Crippen LogP contribution in [0.1, 0.15) is 56.6 Å². The molecule has 9 rings (SSSR count). The lowest BCUT2D eigenvalue weighted by Gasteiger charge is -2.38. The molecule has 0 radical (unpaired) electrons. The van der Waals surface area contributed by atoms with Crippen LogP contribution in [0.15, 0.2) is 89.8 Å². The number of likely N-dealkylation sites (N-methyl/N-ethyl adjacent to an activating group) is 2.